The van der Waals surface area contributed by atoms with Crippen molar-refractivity contribution in [2.24, 2.45) is 0 Å². The van der Waals surface area contributed by atoms with E-state index in [-0.39, 0.29) is 42.5 Å². The molecule has 1 atom stereocenters. The third-order valence-electron chi connectivity index (χ3n) is 4.38. The molecule has 0 amide bonds. The molecule has 3 aromatic carbocycles. The maximum Gasteiger partial charge on any atom is 0.283 e. The maximum atomic E-state index is 13.0. The summed E-state index contributed by atoms with van der Waals surface area (Å²) in [5.74, 6) is -0.768. The van der Waals surface area contributed by atoms with Gasteiger partial charge in [-0.1, -0.05) is 70.7 Å². The van der Waals surface area contributed by atoms with Gasteiger partial charge in [-0.05, 0) is 35.9 Å². The van der Waals surface area contributed by atoms with Crippen LogP contribution in [0.1, 0.15) is 16.7 Å². The number of aromatic hydroxyl groups is 2. The summed E-state index contributed by atoms with van der Waals surface area (Å²) in [6.07, 6.45) is 0. The molecule has 5 nitrogen and oxygen atoms in total. The molecule has 152 valence electrons. The van der Waals surface area contributed by atoms with Crippen molar-refractivity contribution in [2.75, 3.05) is 0 Å². The van der Waals surface area contributed by atoms with E-state index in [2.05, 4.69) is 0 Å². The molecule has 0 radical (unpaired) electrons. The predicted octanol–water partition coefficient (Wildman–Crippen LogP) is 5.89. The third kappa shape index (κ3) is 3.65. The number of rotatable bonds is 4. The topological polar surface area (TPSA) is 94.8 Å². The van der Waals surface area contributed by atoms with E-state index in [9.17, 15) is 23.2 Å². The third-order valence-corrected chi connectivity index (χ3v) is 7.14. The Bertz CT molecular complexity index is 1190. The Morgan fingerprint density at radius 2 is 1.34 bits per heavy atom. The van der Waals surface area contributed by atoms with Crippen LogP contribution in [0.2, 0.25) is 20.1 Å². The van der Waals surface area contributed by atoms with Crippen LogP contribution in [0.15, 0.2) is 54.6 Å². The van der Waals surface area contributed by atoms with E-state index < -0.39 is 20.6 Å². The molecule has 0 spiro atoms. The SMILES string of the molecule is O=S(=O)(O)C(c1ccc(Cl)c(Cl)c1)(c1ccccc1O)c1c(Cl)cc(O)cc1Cl. The molecule has 3 N–H and O–H groups in total. The standard InChI is InChI=1S/C19H12Cl4O5S/c20-13-6-5-10(7-14(13)21)19(29(26,27)28,12-3-1-2-4-17(12)25)18-15(22)8-11(24)9-16(18)23/h1-9,24-25H,(H,26,27,28). The number of hydrogen-bond donors (Lipinski definition) is 3. The van der Waals surface area contributed by atoms with E-state index in [4.69, 9.17) is 46.4 Å². The van der Waals surface area contributed by atoms with E-state index in [1.165, 1.54) is 42.5 Å². The first kappa shape index (κ1) is 22.0. The summed E-state index contributed by atoms with van der Waals surface area (Å²) in [6.45, 7) is 0. The smallest absolute Gasteiger partial charge is 0.283 e. The van der Waals surface area contributed by atoms with Crippen LogP contribution in [0, 0.1) is 0 Å². The lowest BCUT2D eigenvalue weighted by Crippen LogP contribution is -2.39. The van der Waals surface area contributed by atoms with E-state index >= 15 is 0 Å². The molecule has 0 bridgehead atoms. The fourth-order valence-corrected chi connectivity index (χ4v) is 5.76. The molecular weight excluding hydrogens is 482 g/mol. The van der Waals surface area contributed by atoms with Gasteiger partial charge in [0.1, 0.15) is 11.5 Å². The van der Waals surface area contributed by atoms with E-state index in [0.717, 1.165) is 12.1 Å². The molecule has 0 fully saturated rings. The van der Waals surface area contributed by atoms with Crippen molar-refractivity contribution in [3.63, 3.8) is 0 Å². The summed E-state index contributed by atoms with van der Waals surface area (Å²) in [7, 11) is -5.11. The van der Waals surface area contributed by atoms with Crippen molar-refractivity contribution >= 4 is 56.5 Å². The average Bonchev–Trinajstić information content (AvgIpc) is 2.60. The summed E-state index contributed by atoms with van der Waals surface area (Å²) in [5, 5.41) is 19.9. The number of benzene rings is 3. The zero-order valence-corrected chi connectivity index (χ0v) is 18.1. The summed E-state index contributed by atoms with van der Waals surface area (Å²) in [4.78, 5) is 0. The second kappa shape index (κ2) is 7.87. The molecule has 0 saturated carbocycles. The van der Waals surface area contributed by atoms with Gasteiger partial charge in [0.25, 0.3) is 10.1 Å². The van der Waals surface area contributed by atoms with E-state index in [0.29, 0.717) is 0 Å². The van der Waals surface area contributed by atoms with Gasteiger partial charge in [0.05, 0.1) is 20.1 Å². The van der Waals surface area contributed by atoms with Gasteiger partial charge in [0.15, 0.2) is 4.75 Å². The maximum absolute atomic E-state index is 13.0. The number of hydrogen-bond acceptors (Lipinski definition) is 4. The summed E-state index contributed by atoms with van der Waals surface area (Å²) in [5.41, 5.74) is -0.582. The molecule has 0 heterocycles. The molecule has 29 heavy (non-hydrogen) atoms. The minimum Gasteiger partial charge on any atom is -0.508 e. The summed E-state index contributed by atoms with van der Waals surface area (Å²) < 4.78 is 34.0. The fraction of sp³-hybridized carbons (Fsp3) is 0.0526. The highest BCUT2D eigenvalue weighted by Crippen LogP contribution is 2.52. The Labute approximate surface area is 186 Å². The first-order chi connectivity index (χ1) is 13.5. The van der Waals surface area contributed by atoms with Gasteiger partial charge in [-0.2, -0.15) is 8.42 Å². The highest BCUT2D eigenvalue weighted by Gasteiger charge is 2.52. The van der Waals surface area contributed by atoms with Crippen molar-refractivity contribution in [3.8, 4) is 11.5 Å². The second-order valence-electron chi connectivity index (χ2n) is 6.09. The van der Waals surface area contributed by atoms with Gasteiger partial charge in [-0.3, -0.25) is 4.55 Å². The largest absolute Gasteiger partial charge is 0.508 e. The highest BCUT2D eigenvalue weighted by atomic mass is 35.5. The molecule has 0 aliphatic heterocycles. The molecular formula is C19H12Cl4O5S. The summed E-state index contributed by atoms with van der Waals surface area (Å²) >= 11 is 24.7. The number of phenols is 2. The quantitative estimate of drug-likeness (QED) is 0.311. The predicted molar refractivity (Wildman–Crippen MR) is 114 cm³/mol. The summed E-state index contributed by atoms with van der Waals surface area (Å²) in [6, 6.07) is 11.5. The first-order valence-electron chi connectivity index (χ1n) is 7.89. The van der Waals surface area contributed by atoms with Crippen molar-refractivity contribution in [1.29, 1.82) is 0 Å². The minimum absolute atomic E-state index is 0.00126. The van der Waals surface area contributed by atoms with E-state index in [1.54, 1.807) is 0 Å². The number of para-hydroxylation sites is 1. The molecule has 1 unspecified atom stereocenters. The second-order valence-corrected chi connectivity index (χ2v) is 9.28. The Balaban J connectivity index is 2.63. The molecule has 10 heteroatoms. The van der Waals surface area contributed by atoms with Crippen LogP contribution in [0.4, 0.5) is 0 Å². The lowest BCUT2D eigenvalue weighted by Gasteiger charge is -2.34. The van der Waals surface area contributed by atoms with Crippen molar-refractivity contribution in [1.82, 2.24) is 0 Å². The van der Waals surface area contributed by atoms with Gasteiger partial charge in [-0.25, -0.2) is 0 Å². The van der Waals surface area contributed by atoms with Crippen molar-refractivity contribution < 1.29 is 23.2 Å². The fourth-order valence-electron chi connectivity index (χ4n) is 3.23. The number of phenolic OH excluding ortho intramolecular Hbond substituents is 2. The Morgan fingerprint density at radius 3 is 1.86 bits per heavy atom. The van der Waals surface area contributed by atoms with Crippen LogP contribution in [-0.2, 0) is 14.9 Å². The number of halogens is 4. The van der Waals surface area contributed by atoms with Gasteiger partial charge in [0, 0.05) is 11.1 Å². The van der Waals surface area contributed by atoms with Crippen LogP contribution in [0.25, 0.3) is 0 Å². The zero-order valence-electron chi connectivity index (χ0n) is 14.3. The van der Waals surface area contributed by atoms with Crippen LogP contribution in [0.3, 0.4) is 0 Å². The average molecular weight is 494 g/mol. The molecule has 0 aliphatic rings. The molecule has 3 aromatic rings. The van der Waals surface area contributed by atoms with Crippen LogP contribution < -0.4 is 0 Å². The molecule has 0 saturated heterocycles. The Hall–Kier alpha value is -1.67. The van der Waals surface area contributed by atoms with Crippen LogP contribution in [0.5, 0.6) is 11.5 Å². The van der Waals surface area contributed by atoms with Gasteiger partial charge in [0.2, 0.25) is 0 Å². The van der Waals surface area contributed by atoms with Crippen molar-refractivity contribution in [3.05, 3.63) is 91.4 Å². The lowest BCUT2D eigenvalue weighted by molar-refractivity contribution is 0.440. The van der Waals surface area contributed by atoms with E-state index in [1.807, 2.05) is 0 Å². The molecule has 0 aliphatic carbocycles. The van der Waals surface area contributed by atoms with Gasteiger partial charge < -0.3 is 10.2 Å². The first-order valence-corrected chi connectivity index (χ1v) is 10.8. The Kier molecular flexibility index (Phi) is 5.98. The highest BCUT2D eigenvalue weighted by molar-refractivity contribution is 7.87. The van der Waals surface area contributed by atoms with Gasteiger partial charge >= 0.3 is 0 Å². The van der Waals surface area contributed by atoms with Crippen LogP contribution in [-0.4, -0.2) is 23.2 Å². The monoisotopic (exact) mass is 492 g/mol. The van der Waals surface area contributed by atoms with Crippen LogP contribution >= 0.6 is 46.4 Å². The Morgan fingerprint density at radius 1 is 0.759 bits per heavy atom. The van der Waals surface area contributed by atoms with Crippen molar-refractivity contribution in [2.45, 2.75) is 4.75 Å². The van der Waals surface area contributed by atoms with Gasteiger partial charge in [-0.15, -0.1) is 0 Å². The lowest BCUT2D eigenvalue weighted by atomic mass is 9.83. The molecule has 0 aromatic heterocycles. The zero-order chi connectivity index (χ0) is 21.6. The molecule has 3 rings (SSSR count). The normalized spacial score (nSPS) is 13.8. The minimum atomic E-state index is -5.11.